The third kappa shape index (κ3) is 11.3. The van der Waals surface area contributed by atoms with Crippen LogP contribution < -0.4 is 21.9 Å². The number of nitrogens with zero attached hydrogens (tertiary/aromatic N) is 1. The topological polar surface area (TPSA) is 183 Å². The van der Waals surface area contributed by atoms with E-state index in [-0.39, 0.29) is 13.0 Å². The molecule has 0 fully saturated rings. The van der Waals surface area contributed by atoms with Crippen molar-refractivity contribution >= 4 is 35.8 Å². The number of rotatable bonds is 9. The van der Waals surface area contributed by atoms with Gasteiger partial charge in [-0.15, -0.1) is 0 Å². The smallest absolute Gasteiger partial charge is 0.481 e. The molecule has 11 nitrogen and oxygen atoms in total. The van der Waals surface area contributed by atoms with Crippen LogP contribution in [0.4, 0.5) is 18.9 Å². The Morgan fingerprint density at radius 3 is 2.20 bits per heavy atom. The average Bonchev–Trinajstić information content (AvgIpc) is 2.81. The molecule has 2 aromatic rings. The standard InChI is InChI=1S/C19H21N5O4.C2HF3O2/c20-23-12-22-15-8-4-7-14(9-15)19(28)21-11-17(25)24-16(10-18(26)27)13-5-2-1-3-6-13;3-2(4,5)1(6)7/h1-9,12,16H,10-11,20H2,(H,21,28)(H,22,23)(H,24,25)(H,26,27);(H,6,7). The molecule has 0 spiro atoms. The molecule has 2 aromatic carbocycles. The van der Waals surface area contributed by atoms with E-state index in [0.717, 1.165) is 0 Å². The highest BCUT2D eigenvalue weighted by atomic mass is 19.4. The van der Waals surface area contributed by atoms with Gasteiger partial charge in [-0.25, -0.2) is 15.6 Å². The average molecular weight is 497 g/mol. The lowest BCUT2D eigenvalue weighted by molar-refractivity contribution is -0.192. The number of halogens is 3. The van der Waals surface area contributed by atoms with Crippen molar-refractivity contribution in [3.63, 3.8) is 0 Å². The van der Waals surface area contributed by atoms with E-state index in [1.54, 1.807) is 48.5 Å². The van der Waals surface area contributed by atoms with Gasteiger partial charge in [0.25, 0.3) is 5.91 Å². The summed E-state index contributed by atoms with van der Waals surface area (Å²) in [5.41, 5.74) is 3.77. The molecule has 0 aliphatic carbocycles. The molecule has 1 atom stereocenters. The summed E-state index contributed by atoms with van der Waals surface area (Å²) in [6, 6.07) is 14.5. The van der Waals surface area contributed by atoms with Gasteiger partial charge < -0.3 is 26.3 Å². The second-order valence-corrected chi connectivity index (χ2v) is 6.59. The second kappa shape index (κ2) is 13.9. The predicted octanol–water partition coefficient (Wildman–Crippen LogP) is 1.51. The van der Waals surface area contributed by atoms with E-state index in [0.29, 0.717) is 16.8 Å². The number of carbonyl (C=O) groups excluding carboxylic acids is 2. The molecule has 35 heavy (non-hydrogen) atoms. The number of carboxylic acid groups (broad SMARTS) is 2. The van der Waals surface area contributed by atoms with Crippen LogP contribution in [0.1, 0.15) is 28.4 Å². The normalized spacial score (nSPS) is 11.5. The molecule has 0 aromatic heterocycles. The first-order chi connectivity index (χ1) is 16.4. The number of amides is 2. The largest absolute Gasteiger partial charge is 0.490 e. The molecule has 0 aliphatic rings. The Balaban J connectivity index is 0.000000762. The van der Waals surface area contributed by atoms with E-state index in [2.05, 4.69) is 21.1 Å². The van der Waals surface area contributed by atoms with Crippen LogP contribution >= 0.6 is 0 Å². The van der Waals surface area contributed by atoms with Crippen LogP contribution in [0.15, 0.2) is 59.6 Å². The summed E-state index contributed by atoms with van der Waals surface area (Å²) >= 11 is 0. The van der Waals surface area contributed by atoms with Crippen molar-refractivity contribution < 1.29 is 42.6 Å². The van der Waals surface area contributed by atoms with Crippen LogP contribution in [0.25, 0.3) is 0 Å². The Labute approximate surface area is 196 Å². The number of carbonyl (C=O) groups is 4. The number of alkyl halides is 3. The number of hydrazine groups is 1. The van der Waals surface area contributed by atoms with Crippen LogP contribution in [0, 0.1) is 0 Å². The molecule has 0 heterocycles. The van der Waals surface area contributed by atoms with Gasteiger partial charge >= 0.3 is 18.1 Å². The number of aliphatic carboxylic acids is 2. The van der Waals surface area contributed by atoms with E-state index >= 15 is 0 Å². The monoisotopic (exact) mass is 497 g/mol. The zero-order chi connectivity index (χ0) is 26.4. The summed E-state index contributed by atoms with van der Waals surface area (Å²) in [5.74, 6) is 0.359. The minimum Gasteiger partial charge on any atom is -0.481 e. The summed E-state index contributed by atoms with van der Waals surface area (Å²) in [4.78, 5) is 48.4. The molecule has 14 heteroatoms. The minimum atomic E-state index is -5.08. The Morgan fingerprint density at radius 1 is 1.03 bits per heavy atom. The Morgan fingerprint density at radius 2 is 1.66 bits per heavy atom. The second-order valence-electron chi connectivity index (χ2n) is 6.59. The molecule has 0 radical (unpaired) electrons. The maximum absolute atomic E-state index is 12.2. The zero-order valence-electron chi connectivity index (χ0n) is 18.0. The molecule has 2 amide bonds. The molecule has 2 rings (SSSR count). The number of benzene rings is 2. The maximum atomic E-state index is 12.2. The zero-order valence-corrected chi connectivity index (χ0v) is 18.0. The van der Waals surface area contributed by atoms with Gasteiger partial charge in [-0.1, -0.05) is 36.4 Å². The van der Waals surface area contributed by atoms with Crippen LogP contribution in [0.2, 0.25) is 0 Å². The third-order valence-corrected chi connectivity index (χ3v) is 3.96. The van der Waals surface area contributed by atoms with Gasteiger partial charge in [0.15, 0.2) is 0 Å². The number of aliphatic imine (C=N–C) groups is 1. The SMILES string of the molecule is NNC=Nc1cccc(C(=O)NCC(=O)NC(CC(=O)O)c2ccccc2)c1.O=C(O)C(F)(F)F. The quantitative estimate of drug-likeness (QED) is 0.130. The molecular formula is C21H22F3N5O6. The molecule has 0 saturated heterocycles. The maximum Gasteiger partial charge on any atom is 0.490 e. The Hall–Kier alpha value is -4.46. The molecule has 0 aliphatic heterocycles. The van der Waals surface area contributed by atoms with E-state index in [1.807, 2.05) is 0 Å². The first-order valence-electron chi connectivity index (χ1n) is 9.67. The highest BCUT2D eigenvalue weighted by molar-refractivity contribution is 5.97. The molecule has 0 bridgehead atoms. The highest BCUT2D eigenvalue weighted by Gasteiger charge is 2.38. The fourth-order valence-electron chi connectivity index (χ4n) is 2.46. The third-order valence-electron chi connectivity index (χ3n) is 3.96. The Bertz CT molecular complexity index is 1050. The fourth-order valence-corrected chi connectivity index (χ4v) is 2.46. The van der Waals surface area contributed by atoms with E-state index in [4.69, 9.17) is 20.9 Å². The van der Waals surface area contributed by atoms with Crippen LogP contribution in [0.3, 0.4) is 0 Å². The number of nitrogens with two attached hydrogens (primary N) is 1. The molecule has 188 valence electrons. The summed E-state index contributed by atoms with van der Waals surface area (Å²) in [6.45, 7) is -0.292. The van der Waals surface area contributed by atoms with Crippen molar-refractivity contribution in [2.75, 3.05) is 6.54 Å². The number of hydrogen-bond acceptors (Lipinski definition) is 6. The van der Waals surface area contributed by atoms with Crippen molar-refractivity contribution in [1.82, 2.24) is 16.1 Å². The van der Waals surface area contributed by atoms with Crippen LogP contribution in [0.5, 0.6) is 0 Å². The summed E-state index contributed by atoms with van der Waals surface area (Å²) in [6.07, 6.45) is -4.07. The van der Waals surface area contributed by atoms with E-state index < -0.39 is 36.0 Å². The minimum absolute atomic E-state index is 0.265. The lowest BCUT2D eigenvalue weighted by Gasteiger charge is -2.17. The lowest BCUT2D eigenvalue weighted by Crippen LogP contribution is -2.39. The van der Waals surface area contributed by atoms with Crippen molar-refractivity contribution in [2.45, 2.75) is 18.6 Å². The van der Waals surface area contributed by atoms with Crippen LogP contribution in [-0.4, -0.2) is 53.0 Å². The number of nitrogens with one attached hydrogen (secondary N) is 3. The number of carboxylic acids is 2. The van der Waals surface area contributed by atoms with Gasteiger partial charge in [0.2, 0.25) is 5.91 Å². The lowest BCUT2D eigenvalue weighted by atomic mass is 10.0. The van der Waals surface area contributed by atoms with Gasteiger partial charge in [-0.2, -0.15) is 13.2 Å². The van der Waals surface area contributed by atoms with Gasteiger partial charge in [0.05, 0.1) is 24.7 Å². The molecule has 1 unspecified atom stereocenters. The van der Waals surface area contributed by atoms with Crippen molar-refractivity contribution in [3.05, 3.63) is 65.7 Å². The van der Waals surface area contributed by atoms with E-state index in [1.165, 1.54) is 12.4 Å². The predicted molar refractivity (Wildman–Crippen MR) is 118 cm³/mol. The summed E-state index contributed by atoms with van der Waals surface area (Å²) in [7, 11) is 0. The van der Waals surface area contributed by atoms with Gasteiger partial charge in [0.1, 0.15) is 6.34 Å². The summed E-state index contributed by atoms with van der Waals surface area (Å²) in [5, 5.41) is 21.3. The van der Waals surface area contributed by atoms with Crippen molar-refractivity contribution in [2.24, 2.45) is 10.8 Å². The molecular weight excluding hydrogens is 475 g/mol. The molecule has 0 saturated carbocycles. The highest BCUT2D eigenvalue weighted by Crippen LogP contribution is 2.16. The first kappa shape index (κ1) is 28.6. The first-order valence-corrected chi connectivity index (χ1v) is 9.67. The molecule has 7 N–H and O–H groups in total. The van der Waals surface area contributed by atoms with Gasteiger partial charge in [0, 0.05) is 5.56 Å². The Kier molecular flexibility index (Phi) is 11.4. The fraction of sp³-hybridized carbons (Fsp3) is 0.190. The van der Waals surface area contributed by atoms with Crippen molar-refractivity contribution in [1.29, 1.82) is 0 Å². The van der Waals surface area contributed by atoms with E-state index in [9.17, 15) is 27.6 Å². The van der Waals surface area contributed by atoms with Crippen LogP contribution in [-0.2, 0) is 14.4 Å². The van der Waals surface area contributed by atoms with Crippen molar-refractivity contribution in [3.8, 4) is 0 Å². The van der Waals surface area contributed by atoms with Gasteiger partial charge in [-0.3, -0.25) is 14.4 Å². The van der Waals surface area contributed by atoms with Gasteiger partial charge in [-0.05, 0) is 23.8 Å². The number of hydrogen-bond donors (Lipinski definition) is 6. The summed E-state index contributed by atoms with van der Waals surface area (Å²) < 4.78 is 31.7.